The first kappa shape index (κ1) is 9.90. The molecular formula is C10H13ClN2O. The van der Waals surface area contributed by atoms with Crippen LogP contribution in [0.2, 0.25) is 5.02 Å². The Kier molecular flexibility index (Phi) is 2.47. The van der Waals surface area contributed by atoms with E-state index in [-0.39, 0.29) is 11.5 Å². The molecule has 1 saturated carbocycles. The summed E-state index contributed by atoms with van der Waals surface area (Å²) in [6.45, 7) is 0.526. The number of halogens is 1. The van der Waals surface area contributed by atoms with Crippen LogP contribution in [0.4, 0.5) is 0 Å². The van der Waals surface area contributed by atoms with E-state index in [2.05, 4.69) is 4.98 Å². The van der Waals surface area contributed by atoms with Gasteiger partial charge < -0.3 is 10.8 Å². The third-order valence-corrected chi connectivity index (χ3v) is 3.14. The molecule has 0 aromatic carbocycles. The summed E-state index contributed by atoms with van der Waals surface area (Å²) in [6.07, 6.45) is 2.81. The summed E-state index contributed by atoms with van der Waals surface area (Å²) in [4.78, 5) is 4.25. The van der Waals surface area contributed by atoms with Crippen molar-refractivity contribution in [1.82, 2.24) is 4.98 Å². The van der Waals surface area contributed by atoms with Crippen LogP contribution in [0, 0.1) is 0 Å². The van der Waals surface area contributed by atoms with Crippen molar-refractivity contribution < 1.29 is 5.11 Å². The zero-order valence-electron chi connectivity index (χ0n) is 7.78. The number of nitrogens with zero attached hydrogens (tertiary/aromatic N) is 1. The van der Waals surface area contributed by atoms with Crippen LogP contribution in [0.15, 0.2) is 18.3 Å². The van der Waals surface area contributed by atoms with E-state index in [0.717, 1.165) is 5.69 Å². The lowest BCUT2D eigenvalue weighted by Crippen LogP contribution is -2.50. The summed E-state index contributed by atoms with van der Waals surface area (Å²) in [5.41, 5.74) is 6.54. The van der Waals surface area contributed by atoms with Crippen molar-refractivity contribution in [1.29, 1.82) is 0 Å². The SMILES string of the molecule is NCC1(c2ccc(Cl)cn2)CC(O)C1. The normalized spacial score (nSPS) is 31.2. The molecule has 1 aromatic rings. The first-order chi connectivity index (χ1) is 6.66. The number of aliphatic hydroxyl groups is 1. The molecule has 3 N–H and O–H groups in total. The molecular weight excluding hydrogens is 200 g/mol. The molecule has 0 amide bonds. The standard InChI is InChI=1S/C10H13ClN2O/c11-7-1-2-9(13-5-7)10(6-12)3-8(14)4-10/h1-2,5,8,14H,3-4,6,12H2. The quantitative estimate of drug-likeness (QED) is 0.772. The van der Waals surface area contributed by atoms with Gasteiger partial charge in [0.1, 0.15) is 0 Å². The second-order valence-electron chi connectivity index (χ2n) is 3.91. The van der Waals surface area contributed by atoms with Gasteiger partial charge in [0.25, 0.3) is 0 Å². The van der Waals surface area contributed by atoms with Gasteiger partial charge in [-0.25, -0.2) is 0 Å². The van der Waals surface area contributed by atoms with Crippen LogP contribution < -0.4 is 5.73 Å². The van der Waals surface area contributed by atoms with E-state index < -0.39 is 0 Å². The van der Waals surface area contributed by atoms with Crippen LogP contribution in [-0.2, 0) is 5.41 Å². The molecule has 1 aromatic heterocycles. The van der Waals surface area contributed by atoms with Crippen molar-refractivity contribution in [2.24, 2.45) is 5.73 Å². The number of nitrogens with two attached hydrogens (primary N) is 1. The summed E-state index contributed by atoms with van der Waals surface area (Å²) < 4.78 is 0. The number of rotatable bonds is 2. The number of aliphatic hydroxyl groups excluding tert-OH is 1. The van der Waals surface area contributed by atoms with E-state index in [1.165, 1.54) is 0 Å². The molecule has 76 valence electrons. The van der Waals surface area contributed by atoms with Gasteiger partial charge in [-0.2, -0.15) is 0 Å². The van der Waals surface area contributed by atoms with Gasteiger partial charge in [0.15, 0.2) is 0 Å². The maximum absolute atomic E-state index is 9.32. The lowest BCUT2D eigenvalue weighted by atomic mass is 9.64. The maximum atomic E-state index is 9.32. The van der Waals surface area contributed by atoms with Gasteiger partial charge in [-0.1, -0.05) is 11.6 Å². The van der Waals surface area contributed by atoms with E-state index in [9.17, 15) is 5.11 Å². The number of hydrogen-bond donors (Lipinski definition) is 2. The Hall–Kier alpha value is -0.640. The first-order valence-electron chi connectivity index (χ1n) is 4.66. The van der Waals surface area contributed by atoms with E-state index in [1.807, 2.05) is 12.1 Å². The molecule has 0 aliphatic heterocycles. The number of hydrogen-bond acceptors (Lipinski definition) is 3. The summed E-state index contributed by atoms with van der Waals surface area (Å²) in [7, 11) is 0. The van der Waals surface area contributed by atoms with Gasteiger partial charge in [0, 0.05) is 23.9 Å². The monoisotopic (exact) mass is 212 g/mol. The highest BCUT2D eigenvalue weighted by molar-refractivity contribution is 6.30. The van der Waals surface area contributed by atoms with Gasteiger partial charge in [-0.15, -0.1) is 0 Å². The lowest BCUT2D eigenvalue weighted by molar-refractivity contribution is 0.0201. The van der Waals surface area contributed by atoms with Crippen LogP contribution >= 0.6 is 11.6 Å². The molecule has 0 unspecified atom stereocenters. The Labute approximate surface area is 87.9 Å². The zero-order chi connectivity index (χ0) is 10.2. The summed E-state index contributed by atoms with van der Waals surface area (Å²) in [6, 6.07) is 3.70. The van der Waals surface area contributed by atoms with Crippen LogP contribution in [0.3, 0.4) is 0 Å². The molecule has 0 spiro atoms. The molecule has 3 nitrogen and oxygen atoms in total. The van der Waals surface area contributed by atoms with Crippen LogP contribution in [0.1, 0.15) is 18.5 Å². The fourth-order valence-corrected chi connectivity index (χ4v) is 2.12. The Balaban J connectivity index is 2.25. The number of pyridine rings is 1. The average molecular weight is 213 g/mol. The fraction of sp³-hybridized carbons (Fsp3) is 0.500. The van der Waals surface area contributed by atoms with E-state index >= 15 is 0 Å². The van der Waals surface area contributed by atoms with Gasteiger partial charge in [0.05, 0.1) is 11.1 Å². The van der Waals surface area contributed by atoms with Crippen molar-refractivity contribution in [3.8, 4) is 0 Å². The molecule has 0 saturated heterocycles. The van der Waals surface area contributed by atoms with E-state index in [1.54, 1.807) is 6.20 Å². The van der Waals surface area contributed by atoms with E-state index in [4.69, 9.17) is 17.3 Å². The molecule has 4 heteroatoms. The van der Waals surface area contributed by atoms with Crippen molar-refractivity contribution in [2.45, 2.75) is 24.4 Å². The highest BCUT2D eigenvalue weighted by Gasteiger charge is 2.44. The molecule has 1 heterocycles. The van der Waals surface area contributed by atoms with Crippen molar-refractivity contribution in [2.75, 3.05) is 6.54 Å². The predicted octanol–water partition coefficient (Wildman–Crippen LogP) is 1.09. The topological polar surface area (TPSA) is 59.1 Å². The van der Waals surface area contributed by atoms with Gasteiger partial charge in [-0.3, -0.25) is 4.98 Å². The van der Waals surface area contributed by atoms with Crippen LogP contribution in [-0.4, -0.2) is 22.7 Å². The lowest BCUT2D eigenvalue weighted by Gasteiger charge is -2.44. The Morgan fingerprint density at radius 3 is 2.71 bits per heavy atom. The van der Waals surface area contributed by atoms with Crippen LogP contribution in [0.5, 0.6) is 0 Å². The Morgan fingerprint density at radius 2 is 2.29 bits per heavy atom. The molecule has 14 heavy (non-hydrogen) atoms. The molecule has 1 aliphatic rings. The van der Waals surface area contributed by atoms with Gasteiger partial charge >= 0.3 is 0 Å². The second-order valence-corrected chi connectivity index (χ2v) is 4.34. The van der Waals surface area contributed by atoms with Gasteiger partial charge in [-0.05, 0) is 25.0 Å². The number of aromatic nitrogens is 1. The molecule has 2 rings (SSSR count). The molecule has 0 radical (unpaired) electrons. The zero-order valence-corrected chi connectivity index (χ0v) is 8.54. The van der Waals surface area contributed by atoms with Crippen LogP contribution in [0.25, 0.3) is 0 Å². The minimum absolute atomic E-state index is 0.121. The summed E-state index contributed by atoms with van der Waals surface area (Å²) in [5.74, 6) is 0. The molecule has 1 fully saturated rings. The largest absolute Gasteiger partial charge is 0.393 e. The van der Waals surface area contributed by atoms with Crippen molar-refractivity contribution >= 4 is 11.6 Å². The third kappa shape index (κ3) is 1.52. The second kappa shape index (κ2) is 3.50. The minimum atomic E-state index is -0.226. The fourth-order valence-electron chi connectivity index (χ4n) is 2.01. The van der Waals surface area contributed by atoms with Gasteiger partial charge in [0.2, 0.25) is 0 Å². The molecule has 0 atom stereocenters. The average Bonchev–Trinajstić information content (AvgIpc) is 2.14. The molecule has 0 bridgehead atoms. The smallest absolute Gasteiger partial charge is 0.0589 e. The third-order valence-electron chi connectivity index (χ3n) is 2.91. The Morgan fingerprint density at radius 1 is 1.57 bits per heavy atom. The van der Waals surface area contributed by atoms with Crippen molar-refractivity contribution in [3.63, 3.8) is 0 Å². The predicted molar refractivity (Wildman–Crippen MR) is 55.2 cm³/mol. The van der Waals surface area contributed by atoms with Crippen molar-refractivity contribution in [3.05, 3.63) is 29.0 Å². The molecule has 1 aliphatic carbocycles. The highest BCUT2D eigenvalue weighted by atomic mass is 35.5. The maximum Gasteiger partial charge on any atom is 0.0589 e. The summed E-state index contributed by atoms with van der Waals surface area (Å²) >= 11 is 5.75. The van der Waals surface area contributed by atoms with E-state index in [0.29, 0.717) is 24.4 Å². The summed E-state index contributed by atoms with van der Waals surface area (Å²) in [5, 5.41) is 9.95. The highest BCUT2D eigenvalue weighted by Crippen LogP contribution is 2.42. The minimum Gasteiger partial charge on any atom is -0.393 e. The first-order valence-corrected chi connectivity index (χ1v) is 5.04. The Bertz CT molecular complexity index is 319.